The number of carbonyl (C=O) groups is 2. The van der Waals surface area contributed by atoms with Crippen molar-refractivity contribution in [2.75, 3.05) is 19.6 Å². The van der Waals surface area contributed by atoms with E-state index in [-0.39, 0.29) is 5.91 Å². The normalized spacial score (nSPS) is 15.5. The van der Waals surface area contributed by atoms with E-state index >= 15 is 0 Å². The summed E-state index contributed by atoms with van der Waals surface area (Å²) < 4.78 is 0. The van der Waals surface area contributed by atoms with E-state index < -0.39 is 5.91 Å². The molecular formula is C13H19N3O2S. The van der Waals surface area contributed by atoms with Crippen LogP contribution in [0.4, 0.5) is 0 Å². The molecule has 1 aliphatic rings. The first-order valence-electron chi connectivity index (χ1n) is 6.52. The summed E-state index contributed by atoms with van der Waals surface area (Å²) in [7, 11) is 0. The van der Waals surface area contributed by atoms with Gasteiger partial charge < -0.3 is 16.0 Å². The minimum atomic E-state index is -0.410. The highest BCUT2D eigenvalue weighted by Crippen LogP contribution is 2.14. The van der Waals surface area contributed by atoms with E-state index in [9.17, 15) is 9.59 Å². The molecule has 1 saturated heterocycles. The largest absolute Gasteiger partial charge is 0.366 e. The molecule has 2 heterocycles. The van der Waals surface area contributed by atoms with Gasteiger partial charge in [0.2, 0.25) is 11.8 Å². The first-order valence-corrected chi connectivity index (χ1v) is 7.40. The van der Waals surface area contributed by atoms with Gasteiger partial charge in [0.15, 0.2) is 0 Å². The van der Waals surface area contributed by atoms with E-state index in [0.29, 0.717) is 18.7 Å². The second-order valence-corrected chi connectivity index (χ2v) is 5.71. The van der Waals surface area contributed by atoms with E-state index in [0.717, 1.165) is 30.8 Å². The Morgan fingerprint density at radius 1 is 1.32 bits per heavy atom. The number of carbonyl (C=O) groups excluding carboxylic acids is 2. The molecule has 3 N–H and O–H groups in total. The molecule has 104 valence electrons. The molecule has 0 saturated carbocycles. The van der Waals surface area contributed by atoms with Crippen molar-refractivity contribution in [1.82, 2.24) is 10.2 Å². The smallest absolute Gasteiger partial charge is 0.249 e. The van der Waals surface area contributed by atoms with Crippen LogP contribution in [-0.4, -0.2) is 36.3 Å². The standard InChI is InChI=1S/C13H19N3O2S/c14-13(18)10-6-11(19-9-10)7-15-8-12(17)16-4-2-1-3-5-16/h6,9,15H,1-5,7-8H2,(H2,14,18). The lowest BCUT2D eigenvalue weighted by atomic mass is 10.1. The van der Waals surface area contributed by atoms with Gasteiger partial charge >= 0.3 is 0 Å². The summed E-state index contributed by atoms with van der Waals surface area (Å²) in [4.78, 5) is 25.8. The highest BCUT2D eigenvalue weighted by Gasteiger charge is 2.15. The maximum atomic E-state index is 11.9. The third-order valence-corrected chi connectivity index (χ3v) is 4.16. The van der Waals surface area contributed by atoms with E-state index in [1.807, 2.05) is 4.90 Å². The molecule has 0 atom stereocenters. The van der Waals surface area contributed by atoms with Crippen LogP contribution in [0.2, 0.25) is 0 Å². The molecule has 0 unspecified atom stereocenters. The molecule has 6 heteroatoms. The maximum Gasteiger partial charge on any atom is 0.249 e. The number of nitrogens with zero attached hydrogens (tertiary/aromatic N) is 1. The molecule has 1 aromatic rings. The second kappa shape index (κ2) is 6.68. The quantitative estimate of drug-likeness (QED) is 0.843. The van der Waals surface area contributed by atoms with Crippen molar-refractivity contribution in [1.29, 1.82) is 0 Å². The molecule has 0 spiro atoms. The summed E-state index contributed by atoms with van der Waals surface area (Å²) in [6, 6.07) is 1.77. The summed E-state index contributed by atoms with van der Waals surface area (Å²) in [5.41, 5.74) is 5.72. The number of amides is 2. The number of nitrogens with one attached hydrogen (secondary N) is 1. The fourth-order valence-electron chi connectivity index (χ4n) is 2.15. The fourth-order valence-corrected chi connectivity index (χ4v) is 2.99. The number of hydrogen-bond donors (Lipinski definition) is 2. The number of likely N-dealkylation sites (tertiary alicyclic amines) is 1. The van der Waals surface area contributed by atoms with E-state index in [1.165, 1.54) is 17.8 Å². The summed E-state index contributed by atoms with van der Waals surface area (Å²) in [5, 5.41) is 4.86. The van der Waals surface area contributed by atoms with Gasteiger partial charge in [-0.1, -0.05) is 0 Å². The molecule has 5 nitrogen and oxygen atoms in total. The van der Waals surface area contributed by atoms with Crippen molar-refractivity contribution in [3.63, 3.8) is 0 Å². The van der Waals surface area contributed by atoms with Crippen molar-refractivity contribution < 1.29 is 9.59 Å². The summed E-state index contributed by atoms with van der Waals surface area (Å²) >= 11 is 1.48. The number of nitrogens with two attached hydrogens (primary N) is 1. The zero-order chi connectivity index (χ0) is 13.7. The van der Waals surface area contributed by atoms with Gasteiger partial charge in [-0.25, -0.2) is 0 Å². The molecule has 0 aliphatic carbocycles. The molecule has 0 radical (unpaired) electrons. The average molecular weight is 281 g/mol. The van der Waals surface area contributed by atoms with Crippen LogP contribution in [-0.2, 0) is 11.3 Å². The van der Waals surface area contributed by atoms with Gasteiger partial charge in [-0.3, -0.25) is 9.59 Å². The zero-order valence-corrected chi connectivity index (χ0v) is 11.7. The number of hydrogen-bond acceptors (Lipinski definition) is 4. The molecule has 1 aromatic heterocycles. The fraction of sp³-hybridized carbons (Fsp3) is 0.538. The highest BCUT2D eigenvalue weighted by atomic mass is 32.1. The Morgan fingerprint density at radius 3 is 2.68 bits per heavy atom. The Bertz CT molecular complexity index is 452. The predicted octanol–water partition coefficient (Wildman–Crippen LogP) is 0.949. The monoisotopic (exact) mass is 281 g/mol. The van der Waals surface area contributed by atoms with Crippen LogP contribution in [0.3, 0.4) is 0 Å². The lowest BCUT2D eigenvalue weighted by Gasteiger charge is -2.26. The highest BCUT2D eigenvalue weighted by molar-refractivity contribution is 7.10. The van der Waals surface area contributed by atoms with E-state index in [4.69, 9.17) is 5.73 Å². The first-order chi connectivity index (χ1) is 9.16. The molecule has 1 fully saturated rings. The van der Waals surface area contributed by atoms with Crippen molar-refractivity contribution in [3.05, 3.63) is 21.9 Å². The first kappa shape index (κ1) is 14.0. The molecule has 0 bridgehead atoms. The lowest BCUT2D eigenvalue weighted by Crippen LogP contribution is -2.40. The lowest BCUT2D eigenvalue weighted by molar-refractivity contribution is -0.131. The van der Waals surface area contributed by atoms with Gasteiger partial charge in [0.25, 0.3) is 0 Å². The Morgan fingerprint density at radius 2 is 2.05 bits per heavy atom. The summed E-state index contributed by atoms with van der Waals surface area (Å²) in [6.45, 7) is 2.71. The van der Waals surface area contributed by atoms with Crippen molar-refractivity contribution >= 4 is 23.2 Å². The third-order valence-electron chi connectivity index (χ3n) is 3.22. The zero-order valence-electron chi connectivity index (χ0n) is 10.9. The van der Waals surface area contributed by atoms with Crippen LogP contribution >= 0.6 is 11.3 Å². The number of thiophene rings is 1. The SMILES string of the molecule is NC(=O)c1csc(CNCC(=O)N2CCCCC2)c1. The van der Waals surface area contributed by atoms with Gasteiger partial charge in [0.05, 0.1) is 12.1 Å². The number of primary amides is 1. The Balaban J connectivity index is 1.73. The van der Waals surface area contributed by atoms with Gasteiger partial charge in [-0.05, 0) is 25.3 Å². The molecule has 1 aliphatic heterocycles. The van der Waals surface area contributed by atoms with Gasteiger partial charge in [0.1, 0.15) is 0 Å². The van der Waals surface area contributed by atoms with Gasteiger partial charge in [0, 0.05) is 29.9 Å². The minimum absolute atomic E-state index is 0.159. The van der Waals surface area contributed by atoms with Crippen molar-refractivity contribution in [3.8, 4) is 0 Å². The Labute approximate surface area is 116 Å². The Kier molecular flexibility index (Phi) is 4.93. The molecule has 0 aromatic carbocycles. The molecule has 19 heavy (non-hydrogen) atoms. The second-order valence-electron chi connectivity index (χ2n) is 4.71. The summed E-state index contributed by atoms with van der Waals surface area (Å²) in [5.74, 6) is -0.252. The predicted molar refractivity (Wildman–Crippen MR) is 75.0 cm³/mol. The van der Waals surface area contributed by atoms with Crippen molar-refractivity contribution in [2.24, 2.45) is 5.73 Å². The van der Waals surface area contributed by atoms with Crippen LogP contribution in [0.5, 0.6) is 0 Å². The van der Waals surface area contributed by atoms with Crippen molar-refractivity contribution in [2.45, 2.75) is 25.8 Å². The van der Waals surface area contributed by atoms with Crippen LogP contribution in [0.25, 0.3) is 0 Å². The maximum absolute atomic E-state index is 11.9. The van der Waals surface area contributed by atoms with Crippen LogP contribution in [0, 0.1) is 0 Å². The van der Waals surface area contributed by atoms with Crippen LogP contribution in [0.15, 0.2) is 11.4 Å². The van der Waals surface area contributed by atoms with Crippen LogP contribution in [0.1, 0.15) is 34.5 Å². The third kappa shape index (κ3) is 4.04. The topological polar surface area (TPSA) is 75.4 Å². The molecule has 2 rings (SSSR count). The number of rotatable bonds is 5. The molecular weight excluding hydrogens is 262 g/mol. The molecule has 2 amide bonds. The number of piperidine rings is 1. The average Bonchev–Trinajstić information content (AvgIpc) is 2.89. The van der Waals surface area contributed by atoms with Gasteiger partial charge in [-0.15, -0.1) is 11.3 Å². The minimum Gasteiger partial charge on any atom is -0.366 e. The van der Waals surface area contributed by atoms with E-state index in [1.54, 1.807) is 11.4 Å². The summed E-state index contributed by atoms with van der Waals surface area (Å²) in [6.07, 6.45) is 3.44. The Hall–Kier alpha value is -1.40. The van der Waals surface area contributed by atoms with Crippen LogP contribution < -0.4 is 11.1 Å². The van der Waals surface area contributed by atoms with E-state index in [2.05, 4.69) is 5.32 Å². The van der Waals surface area contributed by atoms with Gasteiger partial charge in [-0.2, -0.15) is 0 Å².